The Hall–Kier alpha value is -0.660. The molecule has 2 aliphatic heterocycles. The number of rotatable bonds is 4. The minimum atomic E-state index is -3.15. The zero-order valence-corrected chi connectivity index (χ0v) is 14.7. The summed E-state index contributed by atoms with van der Waals surface area (Å²) in [5, 5.41) is 0. The van der Waals surface area contributed by atoms with Gasteiger partial charge in [0.05, 0.1) is 24.9 Å². The molecule has 2 saturated heterocycles. The molecule has 2 aliphatic rings. The molecule has 7 heteroatoms. The van der Waals surface area contributed by atoms with Gasteiger partial charge in [0.1, 0.15) is 0 Å². The topological polar surface area (TPSA) is 66.9 Å². The van der Waals surface area contributed by atoms with Gasteiger partial charge >= 0.3 is 0 Å². The van der Waals surface area contributed by atoms with Crippen molar-refractivity contribution >= 4 is 15.9 Å². The van der Waals surface area contributed by atoms with E-state index in [0.29, 0.717) is 51.4 Å². The molecule has 1 spiro atoms. The van der Waals surface area contributed by atoms with Crippen molar-refractivity contribution in [3.63, 3.8) is 0 Å². The zero-order chi connectivity index (χ0) is 16.4. The maximum Gasteiger partial charge on any atom is 0.225 e. The van der Waals surface area contributed by atoms with E-state index in [4.69, 9.17) is 4.74 Å². The van der Waals surface area contributed by atoms with E-state index in [9.17, 15) is 13.2 Å². The predicted octanol–water partition coefficient (Wildman–Crippen LogP) is 1.08. The molecule has 128 valence electrons. The largest absolute Gasteiger partial charge is 0.373 e. The molecular formula is C15H28N2O4S. The second-order valence-corrected chi connectivity index (χ2v) is 8.71. The predicted molar refractivity (Wildman–Crippen MR) is 85.0 cm³/mol. The first-order valence-corrected chi connectivity index (χ1v) is 9.97. The summed E-state index contributed by atoms with van der Waals surface area (Å²) in [6.07, 6.45) is 3.87. The van der Waals surface area contributed by atoms with E-state index < -0.39 is 15.6 Å². The van der Waals surface area contributed by atoms with Crippen molar-refractivity contribution in [2.24, 2.45) is 5.92 Å². The smallest absolute Gasteiger partial charge is 0.225 e. The Balaban J connectivity index is 1.99. The van der Waals surface area contributed by atoms with Crippen LogP contribution in [0.1, 0.15) is 39.5 Å². The molecule has 0 radical (unpaired) electrons. The number of carbonyl (C=O) groups excluding carboxylic acids is 1. The van der Waals surface area contributed by atoms with Gasteiger partial charge in [0.15, 0.2) is 0 Å². The molecule has 1 unspecified atom stereocenters. The highest BCUT2D eigenvalue weighted by molar-refractivity contribution is 7.88. The van der Waals surface area contributed by atoms with Gasteiger partial charge in [-0.1, -0.05) is 20.3 Å². The third kappa shape index (κ3) is 4.20. The number of hydrogen-bond donors (Lipinski definition) is 0. The first kappa shape index (κ1) is 17.7. The van der Waals surface area contributed by atoms with Gasteiger partial charge in [-0.15, -0.1) is 0 Å². The lowest BCUT2D eigenvalue weighted by Crippen LogP contribution is -2.48. The average Bonchev–Trinajstić information content (AvgIpc) is 2.58. The van der Waals surface area contributed by atoms with Crippen LogP contribution in [0.2, 0.25) is 0 Å². The van der Waals surface area contributed by atoms with Crippen molar-refractivity contribution in [2.75, 3.05) is 39.0 Å². The summed E-state index contributed by atoms with van der Waals surface area (Å²) < 4.78 is 30.7. The van der Waals surface area contributed by atoms with E-state index in [-0.39, 0.29) is 5.91 Å². The van der Waals surface area contributed by atoms with Crippen LogP contribution in [0.5, 0.6) is 0 Å². The summed E-state index contributed by atoms with van der Waals surface area (Å²) in [7, 11) is -3.15. The molecule has 0 N–H and O–H groups in total. The van der Waals surface area contributed by atoms with Crippen molar-refractivity contribution < 1.29 is 17.9 Å². The third-order valence-electron chi connectivity index (χ3n) is 4.93. The van der Waals surface area contributed by atoms with Gasteiger partial charge in [-0.2, -0.15) is 0 Å². The number of carbonyl (C=O) groups is 1. The monoisotopic (exact) mass is 332 g/mol. The number of piperidine rings is 1. The van der Waals surface area contributed by atoms with Crippen LogP contribution in [-0.2, 0) is 19.6 Å². The summed E-state index contributed by atoms with van der Waals surface area (Å²) in [4.78, 5) is 14.4. The van der Waals surface area contributed by atoms with Crippen LogP contribution >= 0.6 is 0 Å². The zero-order valence-electron chi connectivity index (χ0n) is 13.9. The number of amides is 1. The normalized spacial score (nSPS) is 25.2. The van der Waals surface area contributed by atoms with Gasteiger partial charge < -0.3 is 9.64 Å². The highest BCUT2D eigenvalue weighted by atomic mass is 32.2. The van der Waals surface area contributed by atoms with E-state index in [1.165, 1.54) is 10.6 Å². The highest BCUT2D eigenvalue weighted by Gasteiger charge is 2.42. The molecule has 0 aromatic carbocycles. The van der Waals surface area contributed by atoms with Gasteiger partial charge in [-0.25, -0.2) is 12.7 Å². The van der Waals surface area contributed by atoms with Crippen LogP contribution < -0.4 is 0 Å². The van der Waals surface area contributed by atoms with Crippen molar-refractivity contribution in [1.29, 1.82) is 0 Å². The Morgan fingerprint density at radius 2 is 1.91 bits per heavy atom. The Labute approximate surface area is 133 Å². The Kier molecular flexibility index (Phi) is 5.50. The van der Waals surface area contributed by atoms with E-state index in [1.54, 1.807) is 0 Å². The lowest BCUT2D eigenvalue weighted by molar-refractivity contribution is -0.135. The summed E-state index contributed by atoms with van der Waals surface area (Å²) in [5.41, 5.74) is -0.470. The summed E-state index contributed by atoms with van der Waals surface area (Å²) in [5.74, 6) is 0.635. The molecule has 2 fully saturated rings. The molecule has 2 rings (SSSR count). The number of ether oxygens (including phenoxy) is 1. The van der Waals surface area contributed by atoms with Gasteiger partial charge in [-0.05, 0) is 18.8 Å². The maximum atomic E-state index is 12.5. The Morgan fingerprint density at radius 3 is 2.45 bits per heavy atom. The van der Waals surface area contributed by atoms with Crippen LogP contribution in [0, 0.1) is 5.92 Å². The molecule has 0 aromatic heterocycles. The second kappa shape index (κ2) is 6.84. The summed E-state index contributed by atoms with van der Waals surface area (Å²) >= 11 is 0. The van der Waals surface area contributed by atoms with Gasteiger partial charge in [0.25, 0.3) is 0 Å². The number of nitrogens with zero attached hydrogens (tertiary/aromatic N) is 2. The number of sulfonamides is 1. The third-order valence-corrected chi connectivity index (χ3v) is 6.23. The fourth-order valence-corrected chi connectivity index (χ4v) is 4.03. The van der Waals surface area contributed by atoms with Gasteiger partial charge in [-0.3, -0.25) is 4.79 Å². The van der Waals surface area contributed by atoms with E-state index in [1.807, 2.05) is 4.90 Å². The molecule has 0 aromatic rings. The molecule has 0 saturated carbocycles. The first-order chi connectivity index (χ1) is 10.3. The minimum absolute atomic E-state index is 0.144. The lowest BCUT2D eigenvalue weighted by Gasteiger charge is -2.39. The average molecular weight is 332 g/mol. The second-order valence-electron chi connectivity index (χ2n) is 6.72. The number of hydrogen-bond acceptors (Lipinski definition) is 4. The van der Waals surface area contributed by atoms with Crippen LogP contribution in [0.4, 0.5) is 0 Å². The van der Waals surface area contributed by atoms with Crippen LogP contribution in [-0.4, -0.2) is 68.2 Å². The van der Waals surface area contributed by atoms with Crippen molar-refractivity contribution in [3.05, 3.63) is 0 Å². The van der Waals surface area contributed by atoms with E-state index >= 15 is 0 Å². The molecule has 2 heterocycles. The molecule has 0 bridgehead atoms. The van der Waals surface area contributed by atoms with Crippen LogP contribution in [0.25, 0.3) is 0 Å². The molecular weight excluding hydrogens is 304 g/mol. The molecule has 6 nitrogen and oxygen atoms in total. The quantitative estimate of drug-likeness (QED) is 0.772. The van der Waals surface area contributed by atoms with Crippen LogP contribution in [0.15, 0.2) is 0 Å². The Morgan fingerprint density at radius 1 is 1.27 bits per heavy atom. The van der Waals surface area contributed by atoms with Crippen molar-refractivity contribution in [3.8, 4) is 0 Å². The lowest BCUT2D eigenvalue weighted by atomic mass is 9.88. The van der Waals surface area contributed by atoms with E-state index in [2.05, 4.69) is 13.8 Å². The molecule has 0 aliphatic carbocycles. The van der Waals surface area contributed by atoms with Crippen molar-refractivity contribution in [1.82, 2.24) is 9.21 Å². The fraction of sp³-hybridized carbons (Fsp3) is 0.933. The van der Waals surface area contributed by atoms with Gasteiger partial charge in [0, 0.05) is 26.2 Å². The summed E-state index contributed by atoms with van der Waals surface area (Å²) in [6, 6.07) is 0. The molecule has 1 amide bonds. The Bertz CT molecular complexity index is 498. The van der Waals surface area contributed by atoms with Gasteiger partial charge in [0.2, 0.25) is 15.9 Å². The van der Waals surface area contributed by atoms with Crippen LogP contribution in [0.3, 0.4) is 0 Å². The maximum absolute atomic E-state index is 12.5. The SMILES string of the molecule is CCC(C)CN1CCOC2(CCN(S(C)(=O)=O)CC2)CC1=O. The van der Waals surface area contributed by atoms with E-state index in [0.717, 1.165) is 13.0 Å². The highest BCUT2D eigenvalue weighted by Crippen LogP contribution is 2.33. The van der Waals surface area contributed by atoms with Crippen molar-refractivity contribution in [2.45, 2.75) is 45.1 Å². The minimum Gasteiger partial charge on any atom is -0.373 e. The fourth-order valence-electron chi connectivity index (χ4n) is 3.18. The summed E-state index contributed by atoms with van der Waals surface area (Å²) in [6.45, 7) is 7.13. The molecule has 1 atom stereocenters. The molecule has 22 heavy (non-hydrogen) atoms. The standard InChI is InChI=1S/C15H28N2O4S/c1-4-13(2)12-16-9-10-21-15(11-14(16)18)5-7-17(8-6-15)22(3,19)20/h13H,4-12H2,1-3H3. The first-order valence-electron chi connectivity index (χ1n) is 8.12.